The Bertz CT molecular complexity index is 473. The fourth-order valence-corrected chi connectivity index (χ4v) is 2.04. The van der Waals surface area contributed by atoms with E-state index in [1.54, 1.807) is 24.1 Å². The van der Waals surface area contributed by atoms with E-state index >= 15 is 0 Å². The Kier molecular flexibility index (Phi) is 4.95. The molecule has 0 aliphatic carbocycles. The van der Waals surface area contributed by atoms with Gasteiger partial charge in [-0.05, 0) is 30.7 Å². The fourth-order valence-electron chi connectivity index (χ4n) is 2.04. The Morgan fingerprint density at radius 2 is 2.15 bits per heavy atom. The van der Waals surface area contributed by atoms with Gasteiger partial charge >= 0.3 is 6.03 Å². The van der Waals surface area contributed by atoms with Crippen LogP contribution in [-0.2, 0) is 9.53 Å². The van der Waals surface area contributed by atoms with Crippen LogP contribution in [0.5, 0.6) is 0 Å². The highest BCUT2D eigenvalue weighted by Gasteiger charge is 2.20. The first-order chi connectivity index (χ1) is 9.70. The van der Waals surface area contributed by atoms with Crippen LogP contribution in [-0.4, -0.2) is 38.7 Å². The number of anilines is 2. The molecule has 1 saturated heterocycles. The molecule has 108 valence electrons. The van der Waals surface area contributed by atoms with E-state index < -0.39 is 0 Å². The Morgan fingerprint density at radius 3 is 2.75 bits per heavy atom. The van der Waals surface area contributed by atoms with Gasteiger partial charge in [-0.1, -0.05) is 0 Å². The molecule has 3 amide bonds. The summed E-state index contributed by atoms with van der Waals surface area (Å²) in [4.78, 5) is 24.8. The second-order valence-corrected chi connectivity index (χ2v) is 4.57. The largest absolute Gasteiger partial charge is 0.385 e. The number of benzene rings is 1. The van der Waals surface area contributed by atoms with Gasteiger partial charge in [0.1, 0.15) is 0 Å². The van der Waals surface area contributed by atoms with Crippen molar-refractivity contribution in [3.63, 3.8) is 0 Å². The average Bonchev–Trinajstić information content (AvgIpc) is 2.86. The summed E-state index contributed by atoms with van der Waals surface area (Å²) in [6.45, 7) is 1.91. The van der Waals surface area contributed by atoms with Crippen LogP contribution in [0.15, 0.2) is 24.3 Å². The second kappa shape index (κ2) is 6.91. The standard InChI is InChI=1S/C14H19N3O3/c1-20-10-2-3-13(18)16-11-4-6-12(7-5-11)17-9-8-15-14(17)19/h4-7H,2-3,8-10H2,1H3,(H,15,19)(H,16,18). The zero-order chi connectivity index (χ0) is 14.4. The lowest BCUT2D eigenvalue weighted by Gasteiger charge is -2.14. The third-order valence-electron chi connectivity index (χ3n) is 3.07. The van der Waals surface area contributed by atoms with Crippen molar-refractivity contribution in [2.24, 2.45) is 0 Å². The van der Waals surface area contributed by atoms with Crippen molar-refractivity contribution in [2.45, 2.75) is 12.8 Å². The van der Waals surface area contributed by atoms with E-state index in [0.717, 1.165) is 11.4 Å². The van der Waals surface area contributed by atoms with Gasteiger partial charge in [-0.15, -0.1) is 0 Å². The SMILES string of the molecule is COCCCC(=O)Nc1ccc(N2CCNC2=O)cc1. The topological polar surface area (TPSA) is 70.7 Å². The van der Waals surface area contributed by atoms with Crippen molar-refractivity contribution in [3.8, 4) is 0 Å². The molecule has 0 spiro atoms. The number of carbonyl (C=O) groups is 2. The first-order valence-corrected chi connectivity index (χ1v) is 6.65. The number of urea groups is 1. The summed E-state index contributed by atoms with van der Waals surface area (Å²) in [5, 5.41) is 5.57. The highest BCUT2D eigenvalue weighted by molar-refractivity contribution is 5.95. The van der Waals surface area contributed by atoms with Gasteiger partial charge in [0.2, 0.25) is 5.91 Å². The van der Waals surface area contributed by atoms with Crippen molar-refractivity contribution >= 4 is 23.3 Å². The van der Waals surface area contributed by atoms with Gasteiger partial charge in [0.15, 0.2) is 0 Å². The molecule has 2 rings (SSSR count). The van der Waals surface area contributed by atoms with Crippen molar-refractivity contribution < 1.29 is 14.3 Å². The molecule has 1 aliphatic rings. The number of rotatable bonds is 6. The minimum atomic E-state index is -0.0821. The van der Waals surface area contributed by atoms with Crippen molar-refractivity contribution in [1.29, 1.82) is 0 Å². The van der Waals surface area contributed by atoms with Crippen LogP contribution in [0.3, 0.4) is 0 Å². The van der Waals surface area contributed by atoms with Gasteiger partial charge in [0, 0.05) is 44.6 Å². The van der Waals surface area contributed by atoms with E-state index in [1.165, 1.54) is 0 Å². The number of ether oxygens (including phenoxy) is 1. The van der Waals surface area contributed by atoms with E-state index in [-0.39, 0.29) is 11.9 Å². The predicted octanol–water partition coefficient (Wildman–Crippen LogP) is 1.58. The third kappa shape index (κ3) is 3.71. The molecule has 0 atom stereocenters. The second-order valence-electron chi connectivity index (χ2n) is 4.57. The summed E-state index contributed by atoms with van der Waals surface area (Å²) < 4.78 is 4.90. The van der Waals surface area contributed by atoms with Crippen molar-refractivity contribution in [3.05, 3.63) is 24.3 Å². The maximum absolute atomic E-state index is 11.6. The van der Waals surface area contributed by atoms with Crippen molar-refractivity contribution in [2.75, 3.05) is 37.0 Å². The summed E-state index contributed by atoms with van der Waals surface area (Å²) in [5.41, 5.74) is 1.56. The normalized spacial score (nSPS) is 14.2. The molecule has 1 aromatic rings. The van der Waals surface area contributed by atoms with Gasteiger partial charge in [-0.25, -0.2) is 4.79 Å². The van der Waals surface area contributed by atoms with Crippen LogP contribution in [0.1, 0.15) is 12.8 Å². The molecule has 0 aromatic heterocycles. The number of nitrogens with one attached hydrogen (secondary N) is 2. The minimum absolute atomic E-state index is 0.0336. The van der Waals surface area contributed by atoms with Crippen molar-refractivity contribution in [1.82, 2.24) is 5.32 Å². The molecule has 20 heavy (non-hydrogen) atoms. The van der Waals surface area contributed by atoms with Crippen LogP contribution < -0.4 is 15.5 Å². The third-order valence-corrected chi connectivity index (χ3v) is 3.07. The van der Waals surface area contributed by atoms with E-state index in [1.807, 2.05) is 12.1 Å². The van der Waals surface area contributed by atoms with Gasteiger partial charge in [0.25, 0.3) is 0 Å². The quantitative estimate of drug-likeness (QED) is 0.776. The number of hydrogen-bond donors (Lipinski definition) is 2. The first kappa shape index (κ1) is 14.3. The summed E-state index contributed by atoms with van der Waals surface area (Å²) in [5.74, 6) is -0.0336. The summed E-state index contributed by atoms with van der Waals surface area (Å²) in [7, 11) is 1.62. The summed E-state index contributed by atoms with van der Waals surface area (Å²) in [6.07, 6.45) is 1.14. The number of hydrogen-bond acceptors (Lipinski definition) is 3. The highest BCUT2D eigenvalue weighted by Crippen LogP contribution is 2.19. The molecule has 6 heteroatoms. The molecule has 0 saturated carbocycles. The van der Waals surface area contributed by atoms with Crippen LogP contribution in [0, 0.1) is 0 Å². The summed E-state index contributed by atoms with van der Waals surface area (Å²) >= 11 is 0. The first-order valence-electron chi connectivity index (χ1n) is 6.65. The van der Waals surface area contributed by atoms with Crippen LogP contribution in [0.25, 0.3) is 0 Å². The molecule has 0 bridgehead atoms. The van der Waals surface area contributed by atoms with Crippen LogP contribution >= 0.6 is 0 Å². The van der Waals surface area contributed by atoms with Gasteiger partial charge in [0.05, 0.1) is 0 Å². The molecule has 1 aromatic carbocycles. The monoisotopic (exact) mass is 277 g/mol. The molecule has 2 N–H and O–H groups in total. The Labute approximate surface area is 118 Å². The molecule has 1 fully saturated rings. The molecule has 6 nitrogen and oxygen atoms in total. The number of methoxy groups -OCH3 is 1. The minimum Gasteiger partial charge on any atom is -0.385 e. The van der Waals surface area contributed by atoms with E-state index in [2.05, 4.69) is 10.6 Å². The Hall–Kier alpha value is -2.08. The molecule has 0 radical (unpaired) electrons. The molecule has 1 heterocycles. The maximum atomic E-state index is 11.6. The smallest absolute Gasteiger partial charge is 0.321 e. The molecular formula is C14H19N3O3. The van der Waals surface area contributed by atoms with Gasteiger partial charge in [-0.3, -0.25) is 9.69 Å². The zero-order valence-electron chi connectivity index (χ0n) is 11.5. The maximum Gasteiger partial charge on any atom is 0.321 e. The number of amides is 3. The predicted molar refractivity (Wildman–Crippen MR) is 76.9 cm³/mol. The summed E-state index contributed by atoms with van der Waals surface area (Å²) in [6, 6.07) is 7.18. The Balaban J connectivity index is 1.88. The number of nitrogens with zero attached hydrogens (tertiary/aromatic N) is 1. The fraction of sp³-hybridized carbons (Fsp3) is 0.429. The Morgan fingerprint density at radius 1 is 1.40 bits per heavy atom. The van der Waals surface area contributed by atoms with Gasteiger partial charge < -0.3 is 15.4 Å². The van der Waals surface area contributed by atoms with Crippen LogP contribution in [0.2, 0.25) is 0 Å². The van der Waals surface area contributed by atoms with E-state index in [0.29, 0.717) is 32.5 Å². The van der Waals surface area contributed by atoms with Gasteiger partial charge in [-0.2, -0.15) is 0 Å². The lowest BCUT2D eigenvalue weighted by Crippen LogP contribution is -2.27. The molecular weight excluding hydrogens is 258 g/mol. The lowest BCUT2D eigenvalue weighted by atomic mass is 10.2. The highest BCUT2D eigenvalue weighted by atomic mass is 16.5. The molecule has 1 aliphatic heterocycles. The molecule has 0 unspecified atom stereocenters. The lowest BCUT2D eigenvalue weighted by molar-refractivity contribution is -0.116. The van der Waals surface area contributed by atoms with E-state index in [9.17, 15) is 9.59 Å². The average molecular weight is 277 g/mol. The number of carbonyl (C=O) groups excluding carboxylic acids is 2. The van der Waals surface area contributed by atoms with E-state index in [4.69, 9.17) is 4.74 Å². The van der Waals surface area contributed by atoms with Crippen LogP contribution in [0.4, 0.5) is 16.2 Å². The zero-order valence-corrected chi connectivity index (χ0v) is 11.5.